The van der Waals surface area contributed by atoms with Crippen LogP contribution in [0.3, 0.4) is 0 Å². The van der Waals surface area contributed by atoms with E-state index in [0.717, 1.165) is 5.69 Å². The zero-order chi connectivity index (χ0) is 16.8. The third-order valence-corrected chi connectivity index (χ3v) is 4.65. The van der Waals surface area contributed by atoms with E-state index in [2.05, 4.69) is 24.0 Å². The third-order valence-electron chi connectivity index (χ3n) is 4.65. The Morgan fingerprint density at radius 1 is 1.13 bits per heavy atom. The van der Waals surface area contributed by atoms with Crippen molar-refractivity contribution < 1.29 is 14.0 Å². The van der Waals surface area contributed by atoms with Crippen molar-refractivity contribution >= 4 is 12.7 Å². The molecule has 1 fully saturated rings. The van der Waals surface area contributed by atoms with Gasteiger partial charge < -0.3 is 14.0 Å². The average Bonchev–Trinajstić information content (AvgIpc) is 2.98. The predicted octanol–water partition coefficient (Wildman–Crippen LogP) is 2.49. The number of rotatable bonds is 3. The fourth-order valence-electron chi connectivity index (χ4n) is 2.56. The summed E-state index contributed by atoms with van der Waals surface area (Å²) in [5.41, 5.74) is 2.10. The molecule has 23 heavy (non-hydrogen) atoms. The summed E-state index contributed by atoms with van der Waals surface area (Å²) >= 11 is 0. The smallest absolute Gasteiger partial charge is 0.468 e. The molecule has 2 heterocycles. The molecule has 0 saturated carbocycles. The van der Waals surface area contributed by atoms with E-state index < -0.39 is 18.3 Å². The van der Waals surface area contributed by atoms with E-state index >= 15 is 0 Å². The molecule has 5 nitrogen and oxygen atoms in total. The van der Waals surface area contributed by atoms with E-state index in [1.807, 2.05) is 50.6 Å². The maximum atomic E-state index is 6.07. The summed E-state index contributed by atoms with van der Waals surface area (Å²) in [4.78, 5) is 4.54. The minimum Gasteiger partial charge on any atom is -0.468 e. The molecule has 0 radical (unpaired) electrons. The molecular weight excluding hydrogens is 291 g/mol. The molecule has 0 atom stereocenters. The first-order chi connectivity index (χ1) is 10.7. The predicted molar refractivity (Wildman–Crippen MR) is 90.6 cm³/mol. The van der Waals surface area contributed by atoms with Gasteiger partial charge in [-0.05, 0) is 52.3 Å². The number of hydrogen-bond donors (Lipinski definition) is 0. The highest BCUT2D eigenvalue weighted by Gasteiger charge is 2.52. The molecule has 0 aliphatic carbocycles. The highest BCUT2D eigenvalue weighted by molar-refractivity contribution is 6.61. The van der Waals surface area contributed by atoms with Gasteiger partial charge in [0.15, 0.2) is 0 Å². The highest BCUT2D eigenvalue weighted by atomic mass is 16.7. The Morgan fingerprint density at radius 2 is 1.78 bits per heavy atom. The van der Waals surface area contributed by atoms with E-state index in [9.17, 15) is 0 Å². The number of nitrogens with zero attached hydrogens (tertiary/aromatic N) is 2. The van der Waals surface area contributed by atoms with Crippen molar-refractivity contribution in [2.75, 3.05) is 7.11 Å². The molecule has 1 aliphatic heterocycles. The van der Waals surface area contributed by atoms with Crippen LogP contribution < -0.4 is 10.3 Å². The van der Waals surface area contributed by atoms with Crippen molar-refractivity contribution in [2.24, 2.45) is 0 Å². The average molecular weight is 314 g/mol. The second-order valence-electron chi connectivity index (χ2n) is 6.95. The Kier molecular flexibility index (Phi) is 3.77. The first-order valence-electron chi connectivity index (χ1n) is 7.79. The second-order valence-corrected chi connectivity index (χ2v) is 6.95. The maximum absolute atomic E-state index is 6.07. The van der Waals surface area contributed by atoms with E-state index in [1.54, 1.807) is 7.11 Å². The van der Waals surface area contributed by atoms with Gasteiger partial charge in [0.1, 0.15) is 0 Å². The van der Waals surface area contributed by atoms with Gasteiger partial charge in [-0.25, -0.2) is 4.98 Å². The fraction of sp³-hybridized carbons (Fsp3) is 0.471. The Bertz CT molecular complexity index is 708. The Morgan fingerprint density at radius 3 is 2.35 bits per heavy atom. The summed E-state index contributed by atoms with van der Waals surface area (Å²) in [5.74, 6) is 0. The van der Waals surface area contributed by atoms with Crippen LogP contribution in [0.1, 0.15) is 33.3 Å². The number of imidazole rings is 1. The van der Waals surface area contributed by atoms with Crippen molar-refractivity contribution in [1.29, 1.82) is 0 Å². The summed E-state index contributed by atoms with van der Waals surface area (Å²) < 4.78 is 19.5. The van der Waals surface area contributed by atoms with E-state index in [1.165, 1.54) is 5.56 Å². The third kappa shape index (κ3) is 2.77. The molecule has 3 rings (SSSR count). The Labute approximate surface area is 137 Å². The van der Waals surface area contributed by atoms with Gasteiger partial charge in [-0.1, -0.05) is 12.1 Å². The summed E-state index contributed by atoms with van der Waals surface area (Å²) in [6, 6.07) is 8.68. The molecule has 1 aromatic heterocycles. The van der Waals surface area contributed by atoms with Crippen molar-refractivity contribution in [1.82, 2.24) is 9.55 Å². The summed E-state index contributed by atoms with van der Waals surface area (Å²) in [6.45, 7) is 10.2. The van der Waals surface area contributed by atoms with Gasteiger partial charge >= 0.3 is 7.12 Å². The van der Waals surface area contributed by atoms with Gasteiger partial charge in [0.25, 0.3) is 6.01 Å². The SMILES string of the molecule is COc1nc(B2OC(C)(C)C(C)(C)O2)cn1-c1cccc(C)c1. The largest absolute Gasteiger partial charge is 0.516 e. The first-order valence-corrected chi connectivity index (χ1v) is 7.79. The molecule has 1 aliphatic rings. The van der Waals surface area contributed by atoms with Gasteiger partial charge in [-0.2, -0.15) is 0 Å². The van der Waals surface area contributed by atoms with E-state index in [4.69, 9.17) is 14.0 Å². The molecule has 1 aromatic carbocycles. The molecule has 2 aromatic rings. The van der Waals surface area contributed by atoms with E-state index in [-0.39, 0.29) is 0 Å². The highest BCUT2D eigenvalue weighted by Crippen LogP contribution is 2.36. The monoisotopic (exact) mass is 314 g/mol. The minimum absolute atomic E-state index is 0.391. The van der Waals surface area contributed by atoms with Crippen molar-refractivity contribution in [2.45, 2.75) is 45.8 Å². The van der Waals surface area contributed by atoms with Crippen LogP contribution in [0.2, 0.25) is 0 Å². The van der Waals surface area contributed by atoms with Crippen LogP contribution in [0, 0.1) is 6.92 Å². The molecule has 0 unspecified atom stereocenters. The summed E-state index contributed by atoms with van der Waals surface area (Å²) in [5, 5.41) is 0. The molecule has 122 valence electrons. The first kappa shape index (κ1) is 16.1. The van der Waals surface area contributed by atoms with Crippen molar-refractivity contribution in [3.63, 3.8) is 0 Å². The normalized spacial score (nSPS) is 19.1. The van der Waals surface area contributed by atoms with Gasteiger partial charge in [0.05, 0.1) is 29.6 Å². The summed E-state index contributed by atoms with van der Waals surface area (Å²) in [6.07, 6.45) is 1.91. The fourth-order valence-corrected chi connectivity index (χ4v) is 2.56. The maximum Gasteiger partial charge on any atom is 0.516 e. The zero-order valence-electron chi connectivity index (χ0n) is 14.6. The van der Waals surface area contributed by atoms with Crippen LogP contribution >= 0.6 is 0 Å². The number of ether oxygens (including phenoxy) is 1. The topological polar surface area (TPSA) is 45.5 Å². The Hall–Kier alpha value is -1.79. The summed E-state index contributed by atoms with van der Waals surface area (Å²) in [7, 11) is 1.11. The van der Waals surface area contributed by atoms with Crippen LogP contribution in [-0.2, 0) is 9.31 Å². The number of aryl methyl sites for hydroxylation is 1. The van der Waals surface area contributed by atoms with Gasteiger partial charge in [0, 0.05) is 6.20 Å². The number of methoxy groups -OCH3 is 1. The number of benzene rings is 1. The molecule has 0 amide bonds. The van der Waals surface area contributed by atoms with Crippen molar-refractivity contribution in [3.8, 4) is 11.7 Å². The van der Waals surface area contributed by atoms with Crippen LogP contribution in [0.25, 0.3) is 5.69 Å². The van der Waals surface area contributed by atoms with Crippen LogP contribution in [-0.4, -0.2) is 35.0 Å². The van der Waals surface area contributed by atoms with Gasteiger partial charge in [-0.3, -0.25) is 4.57 Å². The standard InChI is InChI=1S/C17H23BN2O3/c1-12-8-7-9-13(10-12)20-11-14(19-15(20)21-6)18-22-16(2,3)17(4,5)23-18/h7-11H,1-6H3. The molecule has 1 saturated heterocycles. The molecule has 6 heteroatoms. The van der Waals surface area contributed by atoms with Crippen molar-refractivity contribution in [3.05, 3.63) is 36.0 Å². The lowest BCUT2D eigenvalue weighted by Crippen LogP contribution is -2.41. The second kappa shape index (κ2) is 5.39. The van der Waals surface area contributed by atoms with Crippen LogP contribution in [0.5, 0.6) is 6.01 Å². The number of aromatic nitrogens is 2. The quantitative estimate of drug-likeness (QED) is 0.817. The molecule has 0 N–H and O–H groups in total. The lowest BCUT2D eigenvalue weighted by atomic mass is 9.86. The lowest BCUT2D eigenvalue weighted by molar-refractivity contribution is 0.00578. The molecular formula is C17H23BN2O3. The zero-order valence-corrected chi connectivity index (χ0v) is 14.6. The number of hydrogen-bond acceptors (Lipinski definition) is 4. The van der Waals surface area contributed by atoms with Gasteiger partial charge in [0.2, 0.25) is 0 Å². The lowest BCUT2D eigenvalue weighted by Gasteiger charge is -2.32. The molecule has 0 spiro atoms. The Balaban J connectivity index is 1.98. The molecule has 0 bridgehead atoms. The van der Waals surface area contributed by atoms with E-state index in [0.29, 0.717) is 11.6 Å². The van der Waals surface area contributed by atoms with Gasteiger partial charge in [-0.15, -0.1) is 0 Å². The van der Waals surface area contributed by atoms with Crippen LogP contribution in [0.4, 0.5) is 0 Å². The minimum atomic E-state index is -0.500. The van der Waals surface area contributed by atoms with Crippen LogP contribution in [0.15, 0.2) is 30.5 Å².